The maximum absolute atomic E-state index is 8.54. The molecule has 0 unspecified atom stereocenters. The van der Waals surface area contributed by atoms with Gasteiger partial charge in [-0.15, -0.1) is 0 Å². The SMILES string of the molecule is CCCCOCN(C)CCO. The van der Waals surface area contributed by atoms with E-state index in [1.165, 1.54) is 6.42 Å². The first-order valence-corrected chi connectivity index (χ1v) is 4.18. The number of ether oxygens (including phenoxy) is 1. The number of likely N-dealkylation sites (N-methyl/N-ethyl adjacent to an activating group) is 1. The van der Waals surface area contributed by atoms with Crippen molar-refractivity contribution in [2.75, 3.05) is 33.5 Å². The molecule has 0 fully saturated rings. The summed E-state index contributed by atoms with van der Waals surface area (Å²) in [6, 6.07) is 0. The summed E-state index contributed by atoms with van der Waals surface area (Å²) < 4.78 is 5.30. The van der Waals surface area contributed by atoms with Gasteiger partial charge in [-0.05, 0) is 13.5 Å². The number of hydrogen-bond acceptors (Lipinski definition) is 3. The minimum absolute atomic E-state index is 0.202. The molecule has 0 rings (SSSR count). The van der Waals surface area contributed by atoms with Crippen LogP contribution in [-0.2, 0) is 4.74 Å². The van der Waals surface area contributed by atoms with E-state index in [1.54, 1.807) is 0 Å². The third kappa shape index (κ3) is 7.78. The number of aliphatic hydroxyl groups excluding tert-OH is 1. The summed E-state index contributed by atoms with van der Waals surface area (Å²) in [6.45, 7) is 4.48. The quantitative estimate of drug-likeness (QED) is 0.440. The van der Waals surface area contributed by atoms with Crippen LogP contribution >= 0.6 is 0 Å². The fourth-order valence-electron chi connectivity index (χ4n) is 0.702. The lowest BCUT2D eigenvalue weighted by Gasteiger charge is -2.14. The lowest BCUT2D eigenvalue weighted by molar-refractivity contribution is 0.0336. The smallest absolute Gasteiger partial charge is 0.0988 e. The summed E-state index contributed by atoms with van der Waals surface area (Å²) in [5.74, 6) is 0. The third-order valence-electron chi connectivity index (χ3n) is 1.44. The van der Waals surface area contributed by atoms with E-state index in [9.17, 15) is 0 Å². The second kappa shape index (κ2) is 7.98. The molecule has 0 spiro atoms. The maximum Gasteiger partial charge on any atom is 0.0988 e. The van der Waals surface area contributed by atoms with E-state index in [0.29, 0.717) is 13.3 Å². The molecule has 0 atom stereocenters. The van der Waals surface area contributed by atoms with E-state index < -0.39 is 0 Å². The van der Waals surface area contributed by atoms with Gasteiger partial charge in [-0.2, -0.15) is 0 Å². The van der Waals surface area contributed by atoms with Crippen molar-refractivity contribution in [2.24, 2.45) is 0 Å². The van der Waals surface area contributed by atoms with Gasteiger partial charge in [-0.25, -0.2) is 0 Å². The van der Waals surface area contributed by atoms with Gasteiger partial charge in [-0.3, -0.25) is 4.90 Å². The highest BCUT2D eigenvalue weighted by atomic mass is 16.5. The van der Waals surface area contributed by atoms with Gasteiger partial charge in [0.15, 0.2) is 0 Å². The molecule has 0 aromatic rings. The zero-order valence-electron chi connectivity index (χ0n) is 7.55. The van der Waals surface area contributed by atoms with Crippen molar-refractivity contribution < 1.29 is 9.84 Å². The summed E-state index contributed by atoms with van der Waals surface area (Å²) in [4.78, 5) is 1.95. The van der Waals surface area contributed by atoms with Crippen LogP contribution in [-0.4, -0.2) is 43.5 Å². The van der Waals surface area contributed by atoms with Crippen molar-refractivity contribution in [1.29, 1.82) is 0 Å². The van der Waals surface area contributed by atoms with Gasteiger partial charge in [0.2, 0.25) is 0 Å². The Hall–Kier alpha value is -0.120. The fraction of sp³-hybridized carbons (Fsp3) is 1.00. The zero-order chi connectivity index (χ0) is 8.53. The highest BCUT2D eigenvalue weighted by Gasteiger charge is 1.94. The molecule has 0 radical (unpaired) electrons. The second-order valence-corrected chi connectivity index (χ2v) is 2.69. The van der Waals surface area contributed by atoms with Crippen molar-refractivity contribution in [1.82, 2.24) is 4.90 Å². The van der Waals surface area contributed by atoms with Crippen LogP contribution in [0.15, 0.2) is 0 Å². The van der Waals surface area contributed by atoms with Crippen molar-refractivity contribution in [3.63, 3.8) is 0 Å². The molecule has 0 bridgehead atoms. The van der Waals surface area contributed by atoms with E-state index in [-0.39, 0.29) is 6.61 Å². The van der Waals surface area contributed by atoms with Gasteiger partial charge < -0.3 is 9.84 Å². The number of rotatable bonds is 7. The largest absolute Gasteiger partial charge is 0.395 e. The number of aliphatic hydroxyl groups is 1. The predicted molar refractivity (Wildman–Crippen MR) is 45.4 cm³/mol. The summed E-state index contributed by atoms with van der Waals surface area (Å²) in [6.07, 6.45) is 2.29. The van der Waals surface area contributed by atoms with Gasteiger partial charge in [0.05, 0.1) is 13.3 Å². The van der Waals surface area contributed by atoms with Crippen LogP contribution in [0.2, 0.25) is 0 Å². The normalized spacial score (nSPS) is 10.9. The van der Waals surface area contributed by atoms with Gasteiger partial charge >= 0.3 is 0 Å². The first-order valence-electron chi connectivity index (χ1n) is 4.18. The Morgan fingerprint density at radius 3 is 2.73 bits per heavy atom. The molecule has 3 nitrogen and oxygen atoms in total. The standard InChI is InChI=1S/C8H19NO2/c1-3-4-7-11-8-9(2)5-6-10/h10H,3-8H2,1-2H3. The van der Waals surface area contributed by atoms with E-state index in [1.807, 2.05) is 11.9 Å². The van der Waals surface area contributed by atoms with Crippen LogP contribution in [0.4, 0.5) is 0 Å². The van der Waals surface area contributed by atoms with Gasteiger partial charge in [0.1, 0.15) is 0 Å². The van der Waals surface area contributed by atoms with Crippen LogP contribution in [0.25, 0.3) is 0 Å². The van der Waals surface area contributed by atoms with Crippen molar-refractivity contribution in [3.8, 4) is 0 Å². The molecular formula is C8H19NO2. The molecule has 1 N–H and O–H groups in total. The first kappa shape index (κ1) is 10.9. The first-order chi connectivity index (χ1) is 5.31. The molecule has 0 saturated heterocycles. The molecule has 0 aromatic heterocycles. The minimum Gasteiger partial charge on any atom is -0.395 e. The third-order valence-corrected chi connectivity index (χ3v) is 1.44. The van der Waals surface area contributed by atoms with Crippen LogP contribution in [0, 0.1) is 0 Å². The highest BCUT2D eigenvalue weighted by Crippen LogP contribution is 1.89. The van der Waals surface area contributed by atoms with E-state index >= 15 is 0 Å². The summed E-state index contributed by atoms with van der Waals surface area (Å²) in [5.41, 5.74) is 0. The summed E-state index contributed by atoms with van der Waals surface area (Å²) >= 11 is 0. The van der Waals surface area contributed by atoms with Gasteiger partial charge in [0, 0.05) is 13.2 Å². The average molecular weight is 161 g/mol. The summed E-state index contributed by atoms with van der Waals surface area (Å²) in [5, 5.41) is 8.54. The summed E-state index contributed by atoms with van der Waals surface area (Å²) in [7, 11) is 1.93. The Morgan fingerprint density at radius 2 is 2.18 bits per heavy atom. The highest BCUT2D eigenvalue weighted by molar-refractivity contribution is 4.41. The minimum atomic E-state index is 0.202. The Balaban J connectivity index is 2.97. The molecular weight excluding hydrogens is 142 g/mol. The van der Waals surface area contributed by atoms with Crippen molar-refractivity contribution in [3.05, 3.63) is 0 Å². The molecule has 0 aliphatic carbocycles. The van der Waals surface area contributed by atoms with Crippen LogP contribution < -0.4 is 0 Å². The Kier molecular flexibility index (Phi) is 7.89. The van der Waals surface area contributed by atoms with Gasteiger partial charge in [0.25, 0.3) is 0 Å². The fourth-order valence-corrected chi connectivity index (χ4v) is 0.702. The molecule has 11 heavy (non-hydrogen) atoms. The molecule has 0 aliphatic rings. The van der Waals surface area contributed by atoms with Crippen molar-refractivity contribution in [2.45, 2.75) is 19.8 Å². The van der Waals surface area contributed by atoms with E-state index in [0.717, 1.165) is 13.0 Å². The zero-order valence-corrected chi connectivity index (χ0v) is 7.55. The van der Waals surface area contributed by atoms with Crippen LogP contribution in [0.1, 0.15) is 19.8 Å². The molecule has 0 aromatic carbocycles. The maximum atomic E-state index is 8.54. The van der Waals surface area contributed by atoms with Crippen molar-refractivity contribution >= 4 is 0 Å². The molecule has 0 heterocycles. The molecule has 3 heteroatoms. The van der Waals surface area contributed by atoms with E-state index in [2.05, 4.69) is 6.92 Å². The topological polar surface area (TPSA) is 32.7 Å². The van der Waals surface area contributed by atoms with Crippen LogP contribution in [0.5, 0.6) is 0 Å². The second-order valence-electron chi connectivity index (χ2n) is 2.69. The number of hydrogen-bond donors (Lipinski definition) is 1. The molecule has 0 saturated carbocycles. The lowest BCUT2D eigenvalue weighted by atomic mass is 10.4. The lowest BCUT2D eigenvalue weighted by Crippen LogP contribution is -2.25. The van der Waals surface area contributed by atoms with Gasteiger partial charge in [-0.1, -0.05) is 13.3 Å². The molecule has 0 aliphatic heterocycles. The Bertz CT molecular complexity index is 78.5. The Morgan fingerprint density at radius 1 is 1.45 bits per heavy atom. The number of nitrogens with zero attached hydrogens (tertiary/aromatic N) is 1. The van der Waals surface area contributed by atoms with E-state index in [4.69, 9.17) is 9.84 Å². The molecule has 0 amide bonds. The number of unbranched alkanes of at least 4 members (excludes halogenated alkanes) is 1. The molecule has 68 valence electrons. The Labute approximate surface area is 69.0 Å². The predicted octanol–water partition coefficient (Wildman–Crippen LogP) is 0.685. The van der Waals surface area contributed by atoms with Crippen LogP contribution in [0.3, 0.4) is 0 Å². The monoisotopic (exact) mass is 161 g/mol. The average Bonchev–Trinajstić information content (AvgIpc) is 1.99.